The van der Waals surface area contributed by atoms with Gasteiger partial charge in [0.05, 0.1) is 0 Å². The predicted octanol–water partition coefficient (Wildman–Crippen LogP) is 9.22. The Labute approximate surface area is 236 Å². The van der Waals surface area contributed by atoms with Crippen molar-refractivity contribution in [3.05, 3.63) is 83.4 Å². The van der Waals surface area contributed by atoms with Crippen molar-refractivity contribution in [2.45, 2.75) is 86.5 Å². The van der Waals surface area contributed by atoms with Gasteiger partial charge in [0.15, 0.2) is 0 Å². The van der Waals surface area contributed by atoms with E-state index >= 15 is 0 Å². The minimum Gasteiger partial charge on any atom is -0.507 e. The summed E-state index contributed by atoms with van der Waals surface area (Å²) in [6.07, 6.45) is 6.31. The van der Waals surface area contributed by atoms with Crippen LogP contribution in [0.4, 0.5) is 17.1 Å². The number of unbranched alkanes of at least 4 members (excludes halogenated alkanes) is 1. The summed E-state index contributed by atoms with van der Waals surface area (Å²) in [4.78, 5) is 15.7. The molecule has 210 valence electrons. The topological polar surface area (TPSA) is 52.6 Å². The molecule has 0 heterocycles. The number of carbonyl (C=O) groups excluding carboxylic acids is 1. The molecule has 0 saturated carbocycles. The van der Waals surface area contributed by atoms with Gasteiger partial charge in [-0.2, -0.15) is 0 Å². The smallest absolute Gasteiger partial charge is 0.227 e. The Morgan fingerprint density at radius 1 is 0.974 bits per heavy atom. The van der Waals surface area contributed by atoms with Crippen LogP contribution in [0.5, 0.6) is 5.75 Å². The first kappa shape index (κ1) is 30.3. The molecule has 4 nitrogen and oxygen atoms in total. The Hall–Kier alpha value is -3.27. The van der Waals surface area contributed by atoms with Crippen molar-refractivity contribution in [2.75, 3.05) is 16.8 Å². The molecule has 0 aromatic heterocycles. The van der Waals surface area contributed by atoms with Crippen molar-refractivity contribution < 1.29 is 9.90 Å². The van der Waals surface area contributed by atoms with E-state index in [1.165, 1.54) is 0 Å². The molecule has 0 spiro atoms. The average molecular weight is 529 g/mol. The maximum Gasteiger partial charge on any atom is 0.227 e. The average Bonchev–Trinajstić information content (AvgIpc) is 2.91. The number of benzene rings is 3. The van der Waals surface area contributed by atoms with Gasteiger partial charge in [-0.1, -0.05) is 71.4 Å². The first-order valence-electron chi connectivity index (χ1n) is 14.6. The summed E-state index contributed by atoms with van der Waals surface area (Å²) in [5, 5.41) is 13.9. The molecule has 2 N–H and O–H groups in total. The van der Waals surface area contributed by atoms with Crippen LogP contribution in [0.25, 0.3) is 0 Å². The van der Waals surface area contributed by atoms with Crippen LogP contribution in [0.15, 0.2) is 66.7 Å². The van der Waals surface area contributed by atoms with E-state index in [2.05, 4.69) is 46.0 Å². The van der Waals surface area contributed by atoms with Gasteiger partial charge in [-0.3, -0.25) is 4.79 Å². The summed E-state index contributed by atoms with van der Waals surface area (Å²) in [5.41, 5.74) is 6.25. The second-order valence-electron chi connectivity index (χ2n) is 12.3. The number of nitrogens with one attached hydrogen (secondary N) is 1. The molecule has 0 aliphatic rings. The van der Waals surface area contributed by atoms with Crippen LogP contribution in [0.3, 0.4) is 0 Å². The molecular formula is C35H48N2O2. The number of amides is 1. The zero-order chi connectivity index (χ0) is 28.4. The van der Waals surface area contributed by atoms with Gasteiger partial charge in [-0.05, 0) is 103 Å². The minimum atomic E-state index is 0.141. The summed E-state index contributed by atoms with van der Waals surface area (Å²) >= 11 is 0. The van der Waals surface area contributed by atoms with E-state index in [4.69, 9.17) is 0 Å². The Bertz CT molecular complexity index is 1180. The Morgan fingerprint density at radius 3 is 2.28 bits per heavy atom. The zero-order valence-corrected chi connectivity index (χ0v) is 24.9. The molecule has 0 fully saturated rings. The van der Waals surface area contributed by atoms with Gasteiger partial charge >= 0.3 is 0 Å². The summed E-state index contributed by atoms with van der Waals surface area (Å²) in [6, 6.07) is 22.4. The van der Waals surface area contributed by atoms with Crippen LogP contribution < -0.4 is 10.2 Å². The van der Waals surface area contributed by atoms with E-state index in [1.807, 2.05) is 72.5 Å². The number of phenolic OH excluding ortho intramolecular Hbond substituents is 1. The number of nitrogens with zero attached hydrogens (tertiary/aromatic N) is 1. The number of anilines is 3. The van der Waals surface area contributed by atoms with Gasteiger partial charge < -0.3 is 15.3 Å². The molecule has 1 amide bonds. The number of hydrogen-bond donors (Lipinski definition) is 2. The van der Waals surface area contributed by atoms with Crippen LogP contribution >= 0.6 is 0 Å². The Morgan fingerprint density at radius 2 is 1.64 bits per heavy atom. The summed E-state index contributed by atoms with van der Waals surface area (Å²) in [5.74, 6) is 0.936. The molecule has 4 heteroatoms. The molecule has 39 heavy (non-hydrogen) atoms. The molecule has 0 radical (unpaired) electrons. The lowest BCUT2D eigenvalue weighted by molar-refractivity contribution is -0.118. The standard InChI is InChI=1S/C35H48N2O2/c1-7-8-12-29-24-28(23-27(3)34(29)39)15-20-33(38)37(25-26(2)21-22-35(4,5)6)32-18-16-31(17-19-32)36-30-13-10-9-11-14-30/h9-11,13-14,16-19,23-24,26,36,39H,7-8,12,15,20-22,25H2,1-6H3. The maximum atomic E-state index is 13.7. The van der Waals surface area contributed by atoms with Crippen LogP contribution in [0.2, 0.25) is 0 Å². The second kappa shape index (κ2) is 14.2. The molecule has 0 aliphatic heterocycles. The zero-order valence-electron chi connectivity index (χ0n) is 24.9. The van der Waals surface area contributed by atoms with Crippen LogP contribution in [0, 0.1) is 18.3 Å². The molecule has 0 saturated heterocycles. The lowest BCUT2D eigenvalue weighted by Gasteiger charge is -2.28. The lowest BCUT2D eigenvalue weighted by atomic mass is 9.87. The number of hydrogen-bond acceptors (Lipinski definition) is 3. The van der Waals surface area contributed by atoms with Gasteiger partial charge in [-0.15, -0.1) is 0 Å². The van der Waals surface area contributed by atoms with E-state index in [1.54, 1.807) is 0 Å². The van der Waals surface area contributed by atoms with E-state index in [-0.39, 0.29) is 11.3 Å². The maximum absolute atomic E-state index is 13.7. The van der Waals surface area contributed by atoms with Crippen LogP contribution in [-0.2, 0) is 17.6 Å². The fraction of sp³-hybridized carbons (Fsp3) is 0.457. The number of aryl methyl sites for hydroxylation is 3. The van der Waals surface area contributed by atoms with Crippen molar-refractivity contribution in [2.24, 2.45) is 11.3 Å². The number of aromatic hydroxyl groups is 1. The third-order valence-electron chi connectivity index (χ3n) is 7.29. The van der Waals surface area contributed by atoms with Crippen molar-refractivity contribution in [1.29, 1.82) is 0 Å². The van der Waals surface area contributed by atoms with Crippen molar-refractivity contribution in [3.63, 3.8) is 0 Å². The molecule has 0 aliphatic carbocycles. The normalized spacial score (nSPS) is 12.3. The molecule has 3 aromatic rings. The molecule has 1 unspecified atom stereocenters. The number of para-hydroxylation sites is 1. The summed E-state index contributed by atoms with van der Waals surface area (Å²) < 4.78 is 0. The molecule has 0 bridgehead atoms. The van der Waals surface area contributed by atoms with Gasteiger partial charge in [0, 0.05) is 30.0 Å². The highest BCUT2D eigenvalue weighted by Gasteiger charge is 2.21. The van der Waals surface area contributed by atoms with E-state index in [0.717, 1.165) is 65.9 Å². The summed E-state index contributed by atoms with van der Waals surface area (Å²) in [6.45, 7) is 13.9. The first-order chi connectivity index (χ1) is 18.6. The van der Waals surface area contributed by atoms with Gasteiger partial charge in [0.2, 0.25) is 5.91 Å². The molecule has 1 atom stereocenters. The highest BCUT2D eigenvalue weighted by molar-refractivity contribution is 5.93. The largest absolute Gasteiger partial charge is 0.507 e. The van der Waals surface area contributed by atoms with E-state index in [9.17, 15) is 9.90 Å². The highest BCUT2D eigenvalue weighted by Crippen LogP contribution is 2.29. The third-order valence-corrected chi connectivity index (χ3v) is 7.29. The van der Waals surface area contributed by atoms with Crippen molar-refractivity contribution in [1.82, 2.24) is 0 Å². The monoisotopic (exact) mass is 528 g/mol. The molecular weight excluding hydrogens is 480 g/mol. The van der Waals surface area contributed by atoms with Crippen LogP contribution in [-0.4, -0.2) is 17.6 Å². The second-order valence-corrected chi connectivity index (χ2v) is 12.3. The van der Waals surface area contributed by atoms with Crippen molar-refractivity contribution >= 4 is 23.0 Å². The SMILES string of the molecule is CCCCc1cc(CCC(=O)N(CC(C)CCC(C)(C)C)c2ccc(Nc3ccccc3)cc2)cc(C)c1O. The minimum absolute atomic E-state index is 0.141. The predicted molar refractivity (Wildman–Crippen MR) is 166 cm³/mol. The van der Waals surface area contributed by atoms with Gasteiger partial charge in [-0.25, -0.2) is 0 Å². The molecule has 3 rings (SSSR count). The Balaban J connectivity index is 1.75. The summed E-state index contributed by atoms with van der Waals surface area (Å²) in [7, 11) is 0. The number of rotatable bonds is 13. The lowest BCUT2D eigenvalue weighted by Crippen LogP contribution is -2.35. The number of phenols is 1. The third kappa shape index (κ3) is 9.76. The Kier molecular flexibility index (Phi) is 11.0. The fourth-order valence-corrected chi connectivity index (χ4v) is 4.87. The van der Waals surface area contributed by atoms with E-state index in [0.29, 0.717) is 31.1 Å². The van der Waals surface area contributed by atoms with Gasteiger partial charge in [0.25, 0.3) is 0 Å². The molecule has 3 aromatic carbocycles. The van der Waals surface area contributed by atoms with Gasteiger partial charge in [0.1, 0.15) is 5.75 Å². The highest BCUT2D eigenvalue weighted by atomic mass is 16.3. The van der Waals surface area contributed by atoms with E-state index < -0.39 is 0 Å². The van der Waals surface area contributed by atoms with Crippen molar-refractivity contribution in [3.8, 4) is 5.75 Å². The van der Waals surface area contributed by atoms with Crippen LogP contribution in [0.1, 0.15) is 83.4 Å². The fourth-order valence-electron chi connectivity index (χ4n) is 4.87. The number of carbonyl (C=O) groups is 1. The first-order valence-corrected chi connectivity index (χ1v) is 14.6. The quantitative estimate of drug-likeness (QED) is 0.232.